The summed E-state index contributed by atoms with van der Waals surface area (Å²) in [6.45, 7) is 5.17. The van der Waals surface area contributed by atoms with Gasteiger partial charge < -0.3 is 29.7 Å². The van der Waals surface area contributed by atoms with E-state index in [4.69, 9.17) is 21.3 Å². The number of carbonyl (C=O) groups excluding carboxylic acids is 1. The highest BCUT2D eigenvalue weighted by atomic mass is 35.5. The number of methoxy groups -OCH3 is 1. The molecule has 0 spiro atoms. The molecule has 2 N–H and O–H groups in total. The molecule has 192 valence electrons. The highest BCUT2D eigenvalue weighted by Gasteiger charge is 2.17. The van der Waals surface area contributed by atoms with E-state index in [0.29, 0.717) is 33.9 Å². The number of rotatable bonds is 10. The van der Waals surface area contributed by atoms with Crippen molar-refractivity contribution in [2.45, 2.75) is 0 Å². The van der Waals surface area contributed by atoms with E-state index in [1.807, 2.05) is 74.4 Å². The molecule has 4 aromatic rings. The SMILES string of the molecule is C=CC(=O)Nc1cc(Nc2nccc(-n3ccc4cc(Cl)ccc43)n2)c(OC)cc1N(C)CCN(C)C. The first kappa shape index (κ1) is 26.0. The topological polar surface area (TPSA) is 87.5 Å². The zero-order valence-corrected chi connectivity index (χ0v) is 22.1. The molecule has 37 heavy (non-hydrogen) atoms. The van der Waals surface area contributed by atoms with Crippen LogP contribution in [0.25, 0.3) is 16.7 Å². The molecule has 0 aliphatic heterocycles. The monoisotopic (exact) mass is 519 g/mol. The normalized spacial score (nSPS) is 11.0. The minimum Gasteiger partial charge on any atom is -0.494 e. The number of hydrogen-bond donors (Lipinski definition) is 2. The van der Waals surface area contributed by atoms with E-state index >= 15 is 0 Å². The first-order valence-electron chi connectivity index (χ1n) is 11.7. The second-order valence-corrected chi connectivity index (χ2v) is 9.18. The van der Waals surface area contributed by atoms with Gasteiger partial charge in [-0.1, -0.05) is 18.2 Å². The average Bonchev–Trinajstić information content (AvgIpc) is 3.30. The molecule has 0 unspecified atom stereocenters. The van der Waals surface area contributed by atoms with Crippen molar-refractivity contribution in [1.82, 2.24) is 19.4 Å². The molecule has 0 fully saturated rings. The van der Waals surface area contributed by atoms with Gasteiger partial charge >= 0.3 is 0 Å². The van der Waals surface area contributed by atoms with Gasteiger partial charge in [-0.2, -0.15) is 4.98 Å². The lowest BCUT2D eigenvalue weighted by Gasteiger charge is -2.26. The Labute approximate surface area is 221 Å². The van der Waals surface area contributed by atoms with Gasteiger partial charge in [0, 0.05) is 49.0 Å². The third-order valence-electron chi connectivity index (χ3n) is 5.84. The lowest BCUT2D eigenvalue weighted by atomic mass is 10.2. The fourth-order valence-electron chi connectivity index (χ4n) is 3.88. The van der Waals surface area contributed by atoms with E-state index in [9.17, 15) is 4.79 Å². The maximum atomic E-state index is 12.2. The summed E-state index contributed by atoms with van der Waals surface area (Å²) in [5.41, 5.74) is 3.00. The summed E-state index contributed by atoms with van der Waals surface area (Å²) in [6, 6.07) is 13.2. The zero-order valence-electron chi connectivity index (χ0n) is 21.3. The molecule has 0 atom stereocenters. The zero-order chi connectivity index (χ0) is 26.5. The summed E-state index contributed by atoms with van der Waals surface area (Å²) < 4.78 is 7.65. The van der Waals surface area contributed by atoms with E-state index in [1.165, 1.54) is 6.08 Å². The van der Waals surface area contributed by atoms with Crippen LogP contribution in [0.2, 0.25) is 5.02 Å². The Hall–Kier alpha value is -4.08. The fourth-order valence-corrected chi connectivity index (χ4v) is 4.06. The van der Waals surface area contributed by atoms with Crippen LogP contribution >= 0.6 is 11.6 Å². The number of aromatic nitrogens is 3. The maximum Gasteiger partial charge on any atom is 0.247 e. The number of carbonyl (C=O) groups is 1. The van der Waals surface area contributed by atoms with Crippen LogP contribution in [0.3, 0.4) is 0 Å². The summed E-state index contributed by atoms with van der Waals surface area (Å²) in [4.78, 5) is 25.5. The maximum absolute atomic E-state index is 12.2. The molecule has 0 saturated carbocycles. The van der Waals surface area contributed by atoms with Crippen LogP contribution in [0.4, 0.5) is 23.0 Å². The Morgan fingerprint density at radius 1 is 1.14 bits per heavy atom. The van der Waals surface area contributed by atoms with Crippen LogP contribution in [0.1, 0.15) is 0 Å². The van der Waals surface area contributed by atoms with Crippen molar-refractivity contribution in [1.29, 1.82) is 0 Å². The van der Waals surface area contributed by atoms with Gasteiger partial charge in [0.15, 0.2) is 0 Å². The number of hydrogen-bond acceptors (Lipinski definition) is 7. The molecule has 0 aliphatic rings. The van der Waals surface area contributed by atoms with E-state index in [2.05, 4.69) is 32.0 Å². The minimum atomic E-state index is -0.309. The highest BCUT2D eigenvalue weighted by Crippen LogP contribution is 2.38. The van der Waals surface area contributed by atoms with Gasteiger partial charge in [-0.15, -0.1) is 0 Å². The molecule has 0 aliphatic carbocycles. The van der Waals surface area contributed by atoms with Gasteiger partial charge in [-0.05, 0) is 56.6 Å². The summed E-state index contributed by atoms with van der Waals surface area (Å²) in [5, 5.41) is 7.84. The first-order chi connectivity index (χ1) is 17.8. The third kappa shape index (κ3) is 6.02. The van der Waals surface area contributed by atoms with Gasteiger partial charge in [0.2, 0.25) is 11.9 Å². The average molecular weight is 520 g/mol. The largest absolute Gasteiger partial charge is 0.494 e. The molecule has 9 nitrogen and oxygen atoms in total. The minimum absolute atomic E-state index is 0.309. The summed E-state index contributed by atoms with van der Waals surface area (Å²) in [7, 11) is 7.60. The van der Waals surface area contributed by atoms with Crippen LogP contribution in [0.15, 0.2) is 67.5 Å². The van der Waals surface area contributed by atoms with E-state index in [-0.39, 0.29) is 5.91 Å². The van der Waals surface area contributed by atoms with Crippen LogP contribution in [-0.2, 0) is 4.79 Å². The Balaban J connectivity index is 1.69. The summed E-state index contributed by atoms with van der Waals surface area (Å²) in [5.74, 6) is 1.34. The first-order valence-corrected chi connectivity index (χ1v) is 12.0. The predicted octanol–water partition coefficient (Wildman–Crippen LogP) is 4.95. The Morgan fingerprint density at radius 2 is 1.95 bits per heavy atom. The molecule has 10 heteroatoms. The lowest BCUT2D eigenvalue weighted by molar-refractivity contribution is -0.111. The summed E-state index contributed by atoms with van der Waals surface area (Å²) >= 11 is 6.14. The number of benzene rings is 2. The number of nitrogens with one attached hydrogen (secondary N) is 2. The number of likely N-dealkylation sites (N-methyl/N-ethyl adjacent to an activating group) is 2. The van der Waals surface area contributed by atoms with E-state index < -0.39 is 0 Å². The van der Waals surface area contributed by atoms with Crippen LogP contribution in [-0.4, -0.2) is 66.7 Å². The quantitative estimate of drug-likeness (QED) is 0.287. The van der Waals surface area contributed by atoms with Crippen LogP contribution in [0.5, 0.6) is 5.75 Å². The Morgan fingerprint density at radius 3 is 2.68 bits per heavy atom. The lowest BCUT2D eigenvalue weighted by Crippen LogP contribution is -2.29. The Kier molecular flexibility index (Phi) is 7.95. The molecule has 0 bridgehead atoms. The number of halogens is 1. The molecule has 2 heterocycles. The van der Waals surface area contributed by atoms with Crippen LogP contribution < -0.4 is 20.3 Å². The van der Waals surface area contributed by atoms with Gasteiger partial charge in [0.25, 0.3) is 0 Å². The van der Waals surface area contributed by atoms with Crippen molar-refractivity contribution in [3.8, 4) is 11.6 Å². The van der Waals surface area contributed by atoms with Crippen molar-refractivity contribution in [2.24, 2.45) is 0 Å². The fraction of sp³-hybridized carbons (Fsp3) is 0.222. The molecule has 1 amide bonds. The molecule has 4 rings (SSSR count). The highest BCUT2D eigenvalue weighted by molar-refractivity contribution is 6.31. The van der Waals surface area contributed by atoms with Gasteiger partial charge in [0.1, 0.15) is 11.6 Å². The van der Waals surface area contributed by atoms with Crippen molar-refractivity contribution >= 4 is 51.4 Å². The second kappa shape index (κ2) is 11.3. The van der Waals surface area contributed by atoms with Crippen molar-refractivity contribution in [2.75, 3.05) is 56.9 Å². The van der Waals surface area contributed by atoms with Crippen molar-refractivity contribution < 1.29 is 9.53 Å². The number of anilines is 4. The van der Waals surface area contributed by atoms with Gasteiger partial charge in [-0.3, -0.25) is 4.79 Å². The summed E-state index contributed by atoms with van der Waals surface area (Å²) in [6.07, 6.45) is 4.86. The van der Waals surface area contributed by atoms with Gasteiger partial charge in [-0.25, -0.2) is 4.98 Å². The molecule has 0 radical (unpaired) electrons. The Bertz CT molecular complexity index is 1430. The second-order valence-electron chi connectivity index (χ2n) is 8.74. The van der Waals surface area contributed by atoms with Crippen LogP contribution in [0, 0.1) is 0 Å². The molecule has 0 saturated heterocycles. The third-order valence-corrected chi connectivity index (χ3v) is 6.08. The van der Waals surface area contributed by atoms with Gasteiger partial charge in [0.05, 0.1) is 29.7 Å². The van der Waals surface area contributed by atoms with E-state index in [0.717, 1.165) is 29.7 Å². The van der Waals surface area contributed by atoms with Crippen molar-refractivity contribution in [3.05, 3.63) is 72.5 Å². The molecule has 2 aromatic carbocycles. The van der Waals surface area contributed by atoms with E-state index in [1.54, 1.807) is 13.3 Å². The number of nitrogens with zero attached hydrogens (tertiary/aromatic N) is 5. The molecular weight excluding hydrogens is 490 g/mol. The molecule has 2 aromatic heterocycles. The number of ether oxygens (including phenoxy) is 1. The number of amides is 1. The standard InChI is InChI=1S/C27H30ClN7O2/c1-6-26(36)30-20-16-21(24(37-5)17-23(20)34(4)14-13-33(2)3)31-27-29-11-9-25(32-27)35-12-10-18-15-19(28)7-8-22(18)35/h6-12,15-17H,1,13-14H2,2-5H3,(H,30,36)(H,29,31,32). The smallest absolute Gasteiger partial charge is 0.247 e. The number of fused-ring (bicyclic) bond motifs is 1. The predicted molar refractivity (Wildman–Crippen MR) is 151 cm³/mol. The molecular formula is C27H30ClN7O2. The van der Waals surface area contributed by atoms with Crippen molar-refractivity contribution in [3.63, 3.8) is 0 Å².